The molecule has 5 rings (SSSR count). The molecule has 8 heteroatoms. The largest absolute Gasteiger partial charge is 0.459 e. The van der Waals surface area contributed by atoms with Gasteiger partial charge in [-0.3, -0.25) is 15.1 Å². The van der Waals surface area contributed by atoms with Gasteiger partial charge in [-0.2, -0.15) is 0 Å². The van der Waals surface area contributed by atoms with Crippen molar-refractivity contribution in [3.05, 3.63) is 82.4 Å². The van der Waals surface area contributed by atoms with E-state index in [0.29, 0.717) is 17.4 Å². The summed E-state index contributed by atoms with van der Waals surface area (Å²) in [5.74, 6) is 1.38. The molecule has 2 aromatic heterocycles. The molecule has 2 fully saturated rings. The lowest BCUT2D eigenvalue weighted by Crippen LogP contribution is -2.40. The van der Waals surface area contributed by atoms with Crippen molar-refractivity contribution < 1.29 is 9.34 Å². The zero-order valence-electron chi connectivity index (χ0n) is 17.5. The van der Waals surface area contributed by atoms with Crippen molar-refractivity contribution in [3.8, 4) is 11.3 Å². The molecule has 2 aliphatic rings. The molecule has 0 unspecified atom stereocenters. The third-order valence-electron chi connectivity index (χ3n) is 6.36. The van der Waals surface area contributed by atoms with Crippen molar-refractivity contribution in [1.29, 1.82) is 0 Å². The SMILES string of the molecule is O=[N+]([O-])c1cccc(-c2ccc([C@@H]3[C@H](c4ccccn4)NC(=S)N3C3CCCCC3)o2)c1. The van der Waals surface area contributed by atoms with E-state index in [0.717, 1.165) is 29.4 Å². The third-order valence-corrected chi connectivity index (χ3v) is 6.69. The second-order valence-corrected chi connectivity index (χ2v) is 8.72. The number of aromatic nitrogens is 1. The van der Waals surface area contributed by atoms with Crippen LogP contribution in [0.25, 0.3) is 11.3 Å². The molecule has 1 N–H and O–H groups in total. The van der Waals surface area contributed by atoms with Crippen LogP contribution in [0, 0.1) is 10.1 Å². The van der Waals surface area contributed by atoms with Crippen molar-refractivity contribution in [2.45, 2.75) is 50.2 Å². The van der Waals surface area contributed by atoms with E-state index >= 15 is 0 Å². The lowest BCUT2D eigenvalue weighted by atomic mass is 9.92. The minimum absolute atomic E-state index is 0.0411. The highest BCUT2D eigenvalue weighted by molar-refractivity contribution is 7.80. The molecule has 1 saturated heterocycles. The number of hydrogen-bond acceptors (Lipinski definition) is 5. The molecular formula is C24H24N4O3S. The summed E-state index contributed by atoms with van der Waals surface area (Å²) in [7, 11) is 0. The molecule has 3 heterocycles. The van der Waals surface area contributed by atoms with Gasteiger partial charge in [-0.15, -0.1) is 0 Å². The van der Waals surface area contributed by atoms with Crippen molar-refractivity contribution in [2.24, 2.45) is 0 Å². The lowest BCUT2D eigenvalue weighted by molar-refractivity contribution is -0.384. The Bertz CT molecular complexity index is 1130. The Balaban J connectivity index is 1.53. The summed E-state index contributed by atoms with van der Waals surface area (Å²) in [6.07, 6.45) is 7.65. The summed E-state index contributed by atoms with van der Waals surface area (Å²) >= 11 is 5.79. The Kier molecular flexibility index (Phi) is 5.61. The smallest absolute Gasteiger partial charge is 0.270 e. The molecule has 1 aliphatic carbocycles. The quantitative estimate of drug-likeness (QED) is 0.311. The Morgan fingerprint density at radius 3 is 2.69 bits per heavy atom. The highest BCUT2D eigenvalue weighted by Crippen LogP contribution is 2.43. The second kappa shape index (κ2) is 8.70. The fourth-order valence-corrected chi connectivity index (χ4v) is 5.25. The zero-order valence-corrected chi connectivity index (χ0v) is 18.3. The van der Waals surface area contributed by atoms with E-state index < -0.39 is 4.92 Å². The summed E-state index contributed by atoms with van der Waals surface area (Å²) in [5.41, 5.74) is 1.63. The number of thiocarbonyl (C=S) groups is 1. The first-order valence-corrected chi connectivity index (χ1v) is 11.4. The van der Waals surface area contributed by atoms with E-state index in [1.165, 1.54) is 31.4 Å². The van der Waals surface area contributed by atoms with Crippen LogP contribution >= 0.6 is 12.2 Å². The van der Waals surface area contributed by atoms with Crippen LogP contribution in [-0.2, 0) is 0 Å². The van der Waals surface area contributed by atoms with Gasteiger partial charge in [0.2, 0.25) is 0 Å². The van der Waals surface area contributed by atoms with Gasteiger partial charge in [0.15, 0.2) is 5.11 Å². The van der Waals surface area contributed by atoms with Crippen LogP contribution in [0.5, 0.6) is 0 Å². The first-order chi connectivity index (χ1) is 15.6. The molecule has 1 saturated carbocycles. The molecule has 7 nitrogen and oxygen atoms in total. The monoisotopic (exact) mass is 448 g/mol. The number of rotatable bonds is 5. The number of furan rings is 1. The van der Waals surface area contributed by atoms with Crippen molar-refractivity contribution in [3.63, 3.8) is 0 Å². The number of nitro groups is 1. The second-order valence-electron chi connectivity index (χ2n) is 8.34. The normalized spacial score (nSPS) is 21.5. The standard InChI is InChI=1S/C24H24N4O3S/c29-28(30)18-10-6-7-16(15-18)20-12-13-21(31-20)23-22(19-11-4-5-14-25-19)26-24(32)27(23)17-8-2-1-3-9-17/h4-7,10-15,17,22-23H,1-3,8-9H2,(H,26,32)/t22-,23+/m0/s1. The number of benzene rings is 1. The molecule has 1 aliphatic heterocycles. The van der Waals surface area contributed by atoms with Crippen LogP contribution in [0.1, 0.15) is 55.6 Å². The molecule has 0 spiro atoms. The highest BCUT2D eigenvalue weighted by Gasteiger charge is 2.44. The van der Waals surface area contributed by atoms with Gasteiger partial charge in [0.25, 0.3) is 5.69 Å². The van der Waals surface area contributed by atoms with Gasteiger partial charge in [0, 0.05) is 29.9 Å². The first kappa shape index (κ1) is 20.6. The summed E-state index contributed by atoms with van der Waals surface area (Å²) < 4.78 is 6.32. The van der Waals surface area contributed by atoms with Crippen LogP contribution in [0.2, 0.25) is 0 Å². The fraction of sp³-hybridized carbons (Fsp3) is 0.333. The van der Waals surface area contributed by atoms with E-state index in [-0.39, 0.29) is 17.8 Å². The van der Waals surface area contributed by atoms with Crippen LogP contribution in [0.4, 0.5) is 5.69 Å². The zero-order chi connectivity index (χ0) is 22.1. The van der Waals surface area contributed by atoms with Crippen LogP contribution in [-0.4, -0.2) is 26.0 Å². The van der Waals surface area contributed by atoms with Gasteiger partial charge in [-0.05, 0) is 49.3 Å². The average molecular weight is 449 g/mol. The molecule has 1 aromatic carbocycles. The molecule has 0 radical (unpaired) electrons. The molecule has 0 bridgehead atoms. The number of non-ortho nitro benzene ring substituents is 1. The highest BCUT2D eigenvalue weighted by atomic mass is 32.1. The average Bonchev–Trinajstić information content (AvgIpc) is 3.45. The van der Waals surface area contributed by atoms with E-state index in [2.05, 4.69) is 15.2 Å². The van der Waals surface area contributed by atoms with Gasteiger partial charge in [-0.1, -0.05) is 37.5 Å². The van der Waals surface area contributed by atoms with E-state index in [9.17, 15) is 10.1 Å². The molecule has 0 amide bonds. The third kappa shape index (κ3) is 3.86. The predicted molar refractivity (Wildman–Crippen MR) is 125 cm³/mol. The number of nitro benzene ring substituents is 1. The maximum Gasteiger partial charge on any atom is 0.270 e. The Hall–Kier alpha value is -3.26. The van der Waals surface area contributed by atoms with Crippen LogP contribution in [0.3, 0.4) is 0 Å². The van der Waals surface area contributed by atoms with E-state index in [1.807, 2.05) is 36.4 Å². The minimum Gasteiger partial charge on any atom is -0.459 e. The molecular weight excluding hydrogens is 424 g/mol. The van der Waals surface area contributed by atoms with Crippen molar-refractivity contribution in [1.82, 2.24) is 15.2 Å². The summed E-state index contributed by atoms with van der Waals surface area (Å²) in [4.78, 5) is 17.7. The van der Waals surface area contributed by atoms with Gasteiger partial charge in [-0.25, -0.2) is 0 Å². The Labute approximate surface area is 191 Å². The first-order valence-electron chi connectivity index (χ1n) is 11.0. The van der Waals surface area contributed by atoms with E-state index in [1.54, 1.807) is 12.3 Å². The lowest BCUT2D eigenvalue weighted by Gasteiger charge is -2.36. The number of nitrogens with zero attached hydrogens (tertiary/aromatic N) is 3. The molecule has 2 atom stereocenters. The van der Waals surface area contributed by atoms with Gasteiger partial charge < -0.3 is 14.6 Å². The van der Waals surface area contributed by atoms with Gasteiger partial charge in [0.05, 0.1) is 16.7 Å². The topological polar surface area (TPSA) is 84.4 Å². The molecule has 3 aromatic rings. The maximum absolute atomic E-state index is 11.2. The molecule has 164 valence electrons. The van der Waals surface area contributed by atoms with Crippen LogP contribution in [0.15, 0.2) is 65.2 Å². The van der Waals surface area contributed by atoms with Crippen molar-refractivity contribution in [2.75, 3.05) is 0 Å². The summed E-state index contributed by atoms with van der Waals surface area (Å²) in [6, 6.07) is 16.3. The van der Waals surface area contributed by atoms with Crippen molar-refractivity contribution >= 4 is 23.0 Å². The van der Waals surface area contributed by atoms with Gasteiger partial charge in [0.1, 0.15) is 17.6 Å². The Morgan fingerprint density at radius 1 is 1.09 bits per heavy atom. The fourth-order valence-electron chi connectivity index (χ4n) is 4.86. The maximum atomic E-state index is 11.2. The Morgan fingerprint density at radius 2 is 1.94 bits per heavy atom. The molecule has 32 heavy (non-hydrogen) atoms. The summed E-state index contributed by atoms with van der Waals surface area (Å²) in [6.45, 7) is 0. The predicted octanol–water partition coefficient (Wildman–Crippen LogP) is 5.56. The van der Waals surface area contributed by atoms with Crippen LogP contribution < -0.4 is 5.32 Å². The van der Waals surface area contributed by atoms with E-state index in [4.69, 9.17) is 16.6 Å². The number of pyridine rings is 1. The number of hydrogen-bond donors (Lipinski definition) is 1. The van der Waals surface area contributed by atoms with Gasteiger partial charge >= 0.3 is 0 Å². The minimum atomic E-state index is -0.394. The summed E-state index contributed by atoms with van der Waals surface area (Å²) in [5, 5.41) is 15.4. The number of nitrogens with one attached hydrogen (secondary N) is 1.